The van der Waals surface area contributed by atoms with Crippen molar-refractivity contribution < 1.29 is 9.21 Å². The van der Waals surface area contributed by atoms with Crippen molar-refractivity contribution >= 4 is 22.7 Å². The molecule has 0 fully saturated rings. The molecule has 3 rings (SSSR count). The highest BCUT2D eigenvalue weighted by Gasteiger charge is 2.18. The van der Waals surface area contributed by atoms with Crippen LogP contribution in [0.2, 0.25) is 0 Å². The van der Waals surface area contributed by atoms with Gasteiger partial charge in [-0.3, -0.25) is 4.79 Å². The molecule has 0 radical (unpaired) electrons. The Morgan fingerprint density at radius 1 is 1.29 bits per heavy atom. The van der Waals surface area contributed by atoms with E-state index >= 15 is 0 Å². The standard InChI is InChI=1S/C19H21N3O2/c1-4-20-19(23)15-9-10-18(21-12-15)22(3)13(2)17-11-14-7-5-6-8-16(14)24-17/h5-13H,4H2,1-3H3,(H,20,23). The summed E-state index contributed by atoms with van der Waals surface area (Å²) in [5, 5.41) is 3.86. The maximum Gasteiger partial charge on any atom is 0.252 e. The number of benzene rings is 1. The first-order chi connectivity index (χ1) is 11.6. The van der Waals surface area contributed by atoms with Crippen LogP contribution in [0.3, 0.4) is 0 Å². The summed E-state index contributed by atoms with van der Waals surface area (Å²) >= 11 is 0. The number of rotatable bonds is 5. The second-order valence-electron chi connectivity index (χ2n) is 5.74. The van der Waals surface area contributed by atoms with Gasteiger partial charge in [0.2, 0.25) is 0 Å². The summed E-state index contributed by atoms with van der Waals surface area (Å²) in [4.78, 5) is 18.2. The molecule has 1 aromatic carbocycles. The van der Waals surface area contributed by atoms with Gasteiger partial charge in [-0.25, -0.2) is 4.98 Å². The zero-order valence-corrected chi connectivity index (χ0v) is 14.1. The summed E-state index contributed by atoms with van der Waals surface area (Å²) in [6.45, 7) is 4.56. The minimum atomic E-state index is -0.107. The highest BCUT2D eigenvalue weighted by molar-refractivity contribution is 5.94. The summed E-state index contributed by atoms with van der Waals surface area (Å²) in [7, 11) is 1.96. The Kier molecular flexibility index (Phi) is 4.51. The van der Waals surface area contributed by atoms with Crippen LogP contribution in [0.15, 0.2) is 53.1 Å². The van der Waals surface area contributed by atoms with Gasteiger partial charge in [-0.05, 0) is 38.1 Å². The van der Waals surface area contributed by atoms with Crippen molar-refractivity contribution in [1.82, 2.24) is 10.3 Å². The maximum atomic E-state index is 11.8. The third kappa shape index (κ3) is 3.11. The minimum Gasteiger partial charge on any atom is -0.459 e. The minimum absolute atomic E-state index is 0.0280. The van der Waals surface area contributed by atoms with Gasteiger partial charge in [0.25, 0.3) is 5.91 Å². The van der Waals surface area contributed by atoms with Crippen molar-refractivity contribution in [3.63, 3.8) is 0 Å². The Labute approximate surface area is 141 Å². The van der Waals surface area contributed by atoms with Crippen LogP contribution in [0.4, 0.5) is 5.82 Å². The molecule has 2 heterocycles. The zero-order valence-electron chi connectivity index (χ0n) is 14.1. The zero-order chi connectivity index (χ0) is 17.1. The van der Waals surface area contributed by atoms with E-state index < -0.39 is 0 Å². The van der Waals surface area contributed by atoms with Crippen LogP contribution >= 0.6 is 0 Å². The van der Waals surface area contributed by atoms with Gasteiger partial charge in [-0.15, -0.1) is 0 Å². The van der Waals surface area contributed by atoms with Crippen molar-refractivity contribution in [2.45, 2.75) is 19.9 Å². The summed E-state index contributed by atoms with van der Waals surface area (Å²) in [5.41, 5.74) is 1.44. The number of nitrogens with zero attached hydrogens (tertiary/aromatic N) is 2. The highest BCUT2D eigenvalue weighted by Crippen LogP contribution is 2.28. The number of hydrogen-bond acceptors (Lipinski definition) is 4. The highest BCUT2D eigenvalue weighted by atomic mass is 16.3. The first kappa shape index (κ1) is 16.1. The molecule has 0 saturated heterocycles. The fourth-order valence-corrected chi connectivity index (χ4v) is 2.59. The molecule has 1 amide bonds. The Bertz CT molecular complexity index is 806. The summed E-state index contributed by atoms with van der Waals surface area (Å²) in [6.07, 6.45) is 1.60. The Morgan fingerprint density at radius 3 is 2.75 bits per heavy atom. The molecule has 0 spiro atoms. The number of carbonyl (C=O) groups excluding carboxylic acids is 1. The molecule has 3 aromatic rings. The Hall–Kier alpha value is -2.82. The van der Waals surface area contributed by atoms with Crippen molar-refractivity contribution in [2.75, 3.05) is 18.5 Å². The third-order valence-corrected chi connectivity index (χ3v) is 4.15. The molecule has 5 nitrogen and oxygen atoms in total. The number of aromatic nitrogens is 1. The number of furan rings is 1. The van der Waals surface area contributed by atoms with Crippen molar-refractivity contribution in [1.29, 1.82) is 0 Å². The number of nitrogens with one attached hydrogen (secondary N) is 1. The van der Waals surface area contributed by atoms with Crippen LogP contribution in [-0.4, -0.2) is 24.5 Å². The van der Waals surface area contributed by atoms with Gasteiger partial charge >= 0.3 is 0 Å². The molecular formula is C19H21N3O2. The topological polar surface area (TPSA) is 58.4 Å². The van der Waals surface area contributed by atoms with Crippen LogP contribution in [0.5, 0.6) is 0 Å². The molecule has 124 valence electrons. The normalized spacial score (nSPS) is 12.1. The van der Waals surface area contributed by atoms with E-state index in [1.54, 1.807) is 12.3 Å². The monoisotopic (exact) mass is 323 g/mol. The van der Waals surface area contributed by atoms with E-state index in [0.29, 0.717) is 12.1 Å². The van der Waals surface area contributed by atoms with E-state index in [1.807, 2.05) is 49.2 Å². The number of pyridine rings is 1. The van der Waals surface area contributed by atoms with Gasteiger partial charge in [0.1, 0.15) is 17.2 Å². The fraction of sp³-hybridized carbons (Fsp3) is 0.263. The molecule has 0 aliphatic rings. The second-order valence-corrected chi connectivity index (χ2v) is 5.74. The maximum absolute atomic E-state index is 11.8. The van der Waals surface area contributed by atoms with Crippen LogP contribution in [-0.2, 0) is 0 Å². The molecule has 1 N–H and O–H groups in total. The van der Waals surface area contributed by atoms with E-state index in [0.717, 1.165) is 22.5 Å². The van der Waals surface area contributed by atoms with E-state index in [1.165, 1.54) is 0 Å². The molecule has 0 aliphatic heterocycles. The second kappa shape index (κ2) is 6.74. The van der Waals surface area contributed by atoms with E-state index in [9.17, 15) is 4.79 Å². The smallest absolute Gasteiger partial charge is 0.252 e. The van der Waals surface area contributed by atoms with Crippen molar-refractivity contribution in [2.24, 2.45) is 0 Å². The van der Waals surface area contributed by atoms with Crippen LogP contribution in [0.25, 0.3) is 11.0 Å². The fourth-order valence-electron chi connectivity index (χ4n) is 2.59. The number of para-hydroxylation sites is 1. The number of anilines is 1. The lowest BCUT2D eigenvalue weighted by Gasteiger charge is -2.24. The molecule has 2 aromatic heterocycles. The van der Waals surface area contributed by atoms with Crippen LogP contribution < -0.4 is 10.2 Å². The number of carbonyl (C=O) groups is 1. The van der Waals surface area contributed by atoms with E-state index in [4.69, 9.17) is 4.42 Å². The van der Waals surface area contributed by atoms with Gasteiger partial charge in [-0.1, -0.05) is 18.2 Å². The van der Waals surface area contributed by atoms with E-state index in [-0.39, 0.29) is 11.9 Å². The molecule has 0 aliphatic carbocycles. The summed E-state index contributed by atoms with van der Waals surface area (Å²) < 4.78 is 5.93. The van der Waals surface area contributed by atoms with Gasteiger partial charge in [0.15, 0.2) is 0 Å². The van der Waals surface area contributed by atoms with Gasteiger partial charge in [-0.2, -0.15) is 0 Å². The summed E-state index contributed by atoms with van der Waals surface area (Å²) in [5.74, 6) is 1.56. The van der Waals surface area contributed by atoms with Gasteiger partial charge < -0.3 is 14.6 Å². The lowest BCUT2D eigenvalue weighted by Crippen LogP contribution is -2.24. The molecule has 1 unspecified atom stereocenters. The first-order valence-corrected chi connectivity index (χ1v) is 8.05. The van der Waals surface area contributed by atoms with Gasteiger partial charge in [0, 0.05) is 25.2 Å². The van der Waals surface area contributed by atoms with Gasteiger partial charge in [0.05, 0.1) is 11.6 Å². The Morgan fingerprint density at radius 2 is 2.08 bits per heavy atom. The van der Waals surface area contributed by atoms with Crippen LogP contribution in [0.1, 0.15) is 36.0 Å². The largest absolute Gasteiger partial charge is 0.459 e. The number of hydrogen-bond donors (Lipinski definition) is 1. The molecule has 0 bridgehead atoms. The average Bonchev–Trinajstić information content (AvgIpc) is 3.05. The van der Waals surface area contributed by atoms with Crippen molar-refractivity contribution in [3.8, 4) is 0 Å². The molecular weight excluding hydrogens is 302 g/mol. The Balaban J connectivity index is 1.79. The summed E-state index contributed by atoms with van der Waals surface area (Å²) in [6, 6.07) is 13.7. The SMILES string of the molecule is CCNC(=O)c1ccc(N(C)C(C)c2cc3ccccc3o2)nc1. The molecule has 5 heteroatoms. The first-order valence-electron chi connectivity index (χ1n) is 8.05. The predicted octanol–water partition coefficient (Wildman–Crippen LogP) is 3.77. The molecule has 24 heavy (non-hydrogen) atoms. The number of fused-ring (bicyclic) bond motifs is 1. The predicted molar refractivity (Wildman–Crippen MR) is 95.3 cm³/mol. The average molecular weight is 323 g/mol. The van der Waals surface area contributed by atoms with E-state index in [2.05, 4.69) is 23.3 Å². The van der Waals surface area contributed by atoms with Crippen molar-refractivity contribution in [3.05, 3.63) is 60.0 Å². The third-order valence-electron chi connectivity index (χ3n) is 4.15. The van der Waals surface area contributed by atoms with Crippen LogP contribution in [0, 0.1) is 0 Å². The quantitative estimate of drug-likeness (QED) is 0.776. The molecule has 0 saturated carbocycles. The molecule has 1 atom stereocenters. The number of amides is 1. The lowest BCUT2D eigenvalue weighted by molar-refractivity contribution is 0.0955. The lowest BCUT2D eigenvalue weighted by atomic mass is 10.2.